The molecule has 0 aliphatic rings. The first-order valence-corrected chi connectivity index (χ1v) is 7.53. The lowest BCUT2D eigenvalue weighted by Gasteiger charge is -2.09. The number of aryl methyl sites for hydroxylation is 1. The Morgan fingerprint density at radius 1 is 1.26 bits per heavy atom. The molecule has 0 N–H and O–H groups in total. The number of nitrogens with zero attached hydrogens (tertiary/aromatic N) is 4. The maximum Gasteiger partial charge on any atom is 0.332 e. The van der Waals surface area contributed by atoms with Crippen LogP contribution < -0.4 is 11.2 Å². The molecule has 0 atom stereocenters. The largest absolute Gasteiger partial charge is 0.332 e. The molecule has 2 aromatic heterocycles. The fourth-order valence-electron chi connectivity index (χ4n) is 2.58. The summed E-state index contributed by atoms with van der Waals surface area (Å²) in [5.74, 6) is -0.521. The van der Waals surface area contributed by atoms with E-state index >= 15 is 0 Å². The van der Waals surface area contributed by atoms with Crippen LogP contribution in [0.15, 0.2) is 22.2 Å². The van der Waals surface area contributed by atoms with Gasteiger partial charge in [0.25, 0.3) is 12.0 Å². The molecule has 0 aromatic carbocycles. The van der Waals surface area contributed by atoms with E-state index in [1.807, 2.05) is 6.92 Å². The third-order valence-electron chi connectivity index (χ3n) is 3.75. The lowest BCUT2D eigenvalue weighted by Crippen LogP contribution is -2.38. The summed E-state index contributed by atoms with van der Waals surface area (Å²) in [6.45, 7) is 5.91. The number of unbranched alkanes of at least 4 members (excludes halogenated alkanes) is 2. The second kappa shape index (κ2) is 6.89. The van der Waals surface area contributed by atoms with Gasteiger partial charge in [0.05, 0.1) is 0 Å². The molecule has 0 spiro atoms. The average molecular weight is 326 g/mol. The minimum Gasteiger partial charge on any atom is -0.313 e. The number of fused-ring (bicyclic) bond motifs is 1. The summed E-state index contributed by atoms with van der Waals surface area (Å²) in [6.07, 6.45) is 1.13. The van der Waals surface area contributed by atoms with Gasteiger partial charge >= 0.3 is 5.69 Å². The van der Waals surface area contributed by atoms with E-state index < -0.39 is 23.5 Å². The number of rotatable bonds is 7. The van der Waals surface area contributed by atoms with Gasteiger partial charge in [-0.05, 0) is 6.42 Å². The zero-order chi connectivity index (χ0) is 17.1. The van der Waals surface area contributed by atoms with Crippen LogP contribution in [0.2, 0.25) is 0 Å². The quantitative estimate of drug-likeness (QED) is 0.579. The molecular formula is C15H20F2N4O2. The number of aromatic nitrogens is 4. The summed E-state index contributed by atoms with van der Waals surface area (Å²) >= 11 is 0. The van der Waals surface area contributed by atoms with E-state index in [4.69, 9.17) is 0 Å². The van der Waals surface area contributed by atoms with E-state index in [0.29, 0.717) is 13.0 Å². The number of hydrogen-bond donors (Lipinski definition) is 0. The predicted molar refractivity (Wildman–Crippen MR) is 83.9 cm³/mol. The third kappa shape index (κ3) is 2.97. The Labute approximate surface area is 131 Å². The summed E-state index contributed by atoms with van der Waals surface area (Å²) in [5, 5.41) is 0. The Bertz CT molecular complexity index is 833. The summed E-state index contributed by atoms with van der Waals surface area (Å²) in [5.41, 5.74) is -1.13. The number of halogens is 2. The van der Waals surface area contributed by atoms with Crippen LogP contribution in [0, 0.1) is 0 Å². The van der Waals surface area contributed by atoms with E-state index in [-0.39, 0.29) is 17.7 Å². The maximum absolute atomic E-state index is 13.2. The molecule has 2 aromatic rings. The molecule has 2 heterocycles. The highest BCUT2D eigenvalue weighted by molar-refractivity contribution is 5.71. The monoisotopic (exact) mass is 326 g/mol. The topological polar surface area (TPSA) is 61.8 Å². The highest BCUT2D eigenvalue weighted by Gasteiger charge is 2.24. The Kier molecular flexibility index (Phi) is 5.12. The van der Waals surface area contributed by atoms with Gasteiger partial charge in [-0.3, -0.25) is 13.9 Å². The van der Waals surface area contributed by atoms with Crippen molar-refractivity contribution >= 4 is 11.2 Å². The highest BCUT2D eigenvalue weighted by Crippen LogP contribution is 2.22. The van der Waals surface area contributed by atoms with E-state index in [1.54, 1.807) is 0 Å². The van der Waals surface area contributed by atoms with Gasteiger partial charge in [-0.1, -0.05) is 25.8 Å². The molecule has 23 heavy (non-hydrogen) atoms. The van der Waals surface area contributed by atoms with Crippen molar-refractivity contribution < 1.29 is 8.78 Å². The first-order chi connectivity index (χ1) is 10.9. The van der Waals surface area contributed by atoms with Crippen LogP contribution in [0.1, 0.15) is 38.4 Å². The molecule has 0 aliphatic carbocycles. The number of allylic oxidation sites excluding steroid dienone is 1. The zero-order valence-electron chi connectivity index (χ0n) is 13.3. The molecule has 0 saturated carbocycles. The van der Waals surface area contributed by atoms with Gasteiger partial charge in [0.15, 0.2) is 17.0 Å². The predicted octanol–water partition coefficient (Wildman–Crippen LogP) is 2.21. The minimum absolute atomic E-state index is 0.0128. The Hall–Kier alpha value is -2.25. The van der Waals surface area contributed by atoms with Crippen LogP contribution in [0.5, 0.6) is 0 Å². The SMILES string of the molecule is C=CCn1c(C(F)F)nc2c1c(=O)n(C)c(=O)n2CCCCC. The molecule has 2 rings (SSSR count). The van der Waals surface area contributed by atoms with Crippen molar-refractivity contribution in [2.45, 2.75) is 45.7 Å². The lowest BCUT2D eigenvalue weighted by atomic mass is 10.2. The molecule has 0 bridgehead atoms. The molecule has 6 nitrogen and oxygen atoms in total. The number of hydrogen-bond acceptors (Lipinski definition) is 3. The van der Waals surface area contributed by atoms with Gasteiger partial charge in [0, 0.05) is 20.1 Å². The van der Waals surface area contributed by atoms with Crippen molar-refractivity contribution in [2.24, 2.45) is 7.05 Å². The van der Waals surface area contributed by atoms with Crippen molar-refractivity contribution in [3.05, 3.63) is 39.3 Å². The molecule has 8 heteroatoms. The van der Waals surface area contributed by atoms with E-state index in [0.717, 1.165) is 22.0 Å². The van der Waals surface area contributed by atoms with E-state index in [1.165, 1.54) is 17.7 Å². The molecular weight excluding hydrogens is 306 g/mol. The fourth-order valence-corrected chi connectivity index (χ4v) is 2.58. The van der Waals surface area contributed by atoms with Crippen molar-refractivity contribution in [1.29, 1.82) is 0 Å². The molecule has 0 saturated heterocycles. The van der Waals surface area contributed by atoms with Crippen LogP contribution in [0.25, 0.3) is 11.2 Å². The fraction of sp³-hybridized carbons (Fsp3) is 0.533. The molecule has 0 amide bonds. The van der Waals surface area contributed by atoms with Gasteiger partial charge < -0.3 is 4.57 Å². The third-order valence-corrected chi connectivity index (χ3v) is 3.75. The average Bonchev–Trinajstić information content (AvgIpc) is 2.88. The van der Waals surface area contributed by atoms with Crippen LogP contribution in [-0.4, -0.2) is 18.7 Å². The molecule has 126 valence electrons. The van der Waals surface area contributed by atoms with Gasteiger partial charge in [-0.15, -0.1) is 6.58 Å². The lowest BCUT2D eigenvalue weighted by molar-refractivity contribution is 0.136. The Balaban J connectivity index is 2.80. The summed E-state index contributed by atoms with van der Waals surface area (Å²) in [7, 11) is 1.34. The number of alkyl halides is 2. The second-order valence-electron chi connectivity index (χ2n) is 5.35. The molecule has 0 fully saturated rings. The van der Waals surface area contributed by atoms with Crippen LogP contribution in [0.3, 0.4) is 0 Å². The molecule has 0 radical (unpaired) electrons. The molecule has 0 unspecified atom stereocenters. The Morgan fingerprint density at radius 2 is 1.96 bits per heavy atom. The van der Waals surface area contributed by atoms with Crippen LogP contribution >= 0.6 is 0 Å². The number of imidazole rings is 1. The van der Waals surface area contributed by atoms with Gasteiger partial charge in [0.1, 0.15) is 0 Å². The second-order valence-corrected chi connectivity index (χ2v) is 5.35. The highest BCUT2D eigenvalue weighted by atomic mass is 19.3. The minimum atomic E-state index is -2.84. The first-order valence-electron chi connectivity index (χ1n) is 7.53. The van der Waals surface area contributed by atoms with Crippen molar-refractivity contribution in [1.82, 2.24) is 18.7 Å². The van der Waals surface area contributed by atoms with Crippen molar-refractivity contribution in [2.75, 3.05) is 0 Å². The summed E-state index contributed by atoms with van der Waals surface area (Å²) in [4.78, 5) is 28.6. The molecule has 0 aliphatic heterocycles. The normalized spacial score (nSPS) is 11.5. The van der Waals surface area contributed by atoms with Gasteiger partial charge in [-0.25, -0.2) is 18.6 Å². The van der Waals surface area contributed by atoms with Crippen molar-refractivity contribution in [3.63, 3.8) is 0 Å². The maximum atomic E-state index is 13.2. The van der Waals surface area contributed by atoms with Gasteiger partial charge in [0.2, 0.25) is 0 Å². The van der Waals surface area contributed by atoms with E-state index in [9.17, 15) is 18.4 Å². The van der Waals surface area contributed by atoms with Crippen LogP contribution in [-0.2, 0) is 20.1 Å². The summed E-state index contributed by atoms with van der Waals surface area (Å²) < 4.78 is 29.9. The van der Waals surface area contributed by atoms with Crippen molar-refractivity contribution in [3.8, 4) is 0 Å². The standard InChI is InChI=1S/C15H20F2N4O2/c1-4-6-7-9-21-12-10(14(22)19(3)15(21)23)20(8-5-2)13(18-12)11(16)17/h5,11H,2,4,6-9H2,1,3H3. The van der Waals surface area contributed by atoms with E-state index in [2.05, 4.69) is 11.6 Å². The zero-order valence-corrected chi connectivity index (χ0v) is 13.3. The van der Waals surface area contributed by atoms with Crippen LogP contribution in [0.4, 0.5) is 8.78 Å². The van der Waals surface area contributed by atoms with Gasteiger partial charge in [-0.2, -0.15) is 0 Å². The first kappa shape index (κ1) is 17.1. The summed E-state index contributed by atoms with van der Waals surface area (Å²) in [6, 6.07) is 0. The smallest absolute Gasteiger partial charge is 0.313 e. The Morgan fingerprint density at radius 3 is 2.52 bits per heavy atom.